The highest BCUT2D eigenvalue weighted by molar-refractivity contribution is 5.27. The van der Waals surface area contributed by atoms with Crippen LogP contribution in [0.1, 0.15) is 25.5 Å². The molecule has 2 heterocycles. The third-order valence-corrected chi connectivity index (χ3v) is 2.73. The average Bonchev–Trinajstić information content (AvgIpc) is 2.21. The molecule has 0 aromatic carbocycles. The third kappa shape index (κ3) is 2.00. The van der Waals surface area contributed by atoms with Crippen LogP contribution >= 0.6 is 0 Å². The van der Waals surface area contributed by atoms with E-state index >= 15 is 0 Å². The van der Waals surface area contributed by atoms with Crippen LogP contribution in [0.2, 0.25) is 0 Å². The summed E-state index contributed by atoms with van der Waals surface area (Å²) in [6.07, 6.45) is 4.24. The van der Waals surface area contributed by atoms with E-state index in [2.05, 4.69) is 27.0 Å². The van der Waals surface area contributed by atoms with Crippen LogP contribution in [0.25, 0.3) is 0 Å². The maximum atomic E-state index is 4.28. The molecule has 1 saturated heterocycles. The summed E-state index contributed by atoms with van der Waals surface area (Å²) in [4.78, 5) is 6.49. The monoisotopic (exact) mass is 192 g/mol. The molecule has 1 aromatic heterocycles. The molecule has 0 bridgehead atoms. The zero-order chi connectivity index (χ0) is 9.97. The van der Waals surface area contributed by atoms with E-state index in [4.69, 9.17) is 0 Å². The summed E-state index contributed by atoms with van der Waals surface area (Å²) in [6.45, 7) is 6.32. The van der Waals surface area contributed by atoms with Crippen molar-refractivity contribution in [3.63, 3.8) is 0 Å². The number of hydrogen-bond donors (Lipinski definition) is 0. The van der Waals surface area contributed by atoms with Crippen LogP contribution in [0, 0.1) is 12.8 Å². The van der Waals surface area contributed by atoms with Crippen LogP contribution in [0.15, 0.2) is 6.20 Å². The molecule has 1 aromatic rings. The van der Waals surface area contributed by atoms with E-state index in [9.17, 15) is 0 Å². The molecule has 14 heavy (non-hydrogen) atoms. The van der Waals surface area contributed by atoms with Crippen molar-refractivity contribution in [2.75, 3.05) is 18.0 Å². The topological polar surface area (TPSA) is 41.9 Å². The lowest BCUT2D eigenvalue weighted by Crippen LogP contribution is -2.34. The van der Waals surface area contributed by atoms with Crippen LogP contribution < -0.4 is 4.90 Å². The number of hydrogen-bond acceptors (Lipinski definition) is 4. The highest BCUT2D eigenvalue weighted by atomic mass is 15.3. The van der Waals surface area contributed by atoms with E-state index in [1.165, 1.54) is 12.8 Å². The van der Waals surface area contributed by atoms with Gasteiger partial charge in [0, 0.05) is 13.1 Å². The highest BCUT2D eigenvalue weighted by Crippen LogP contribution is 2.18. The molecule has 1 aliphatic rings. The zero-order valence-electron chi connectivity index (χ0n) is 8.77. The third-order valence-electron chi connectivity index (χ3n) is 2.73. The molecule has 0 atom stereocenters. The van der Waals surface area contributed by atoms with Crippen LogP contribution in [-0.2, 0) is 0 Å². The van der Waals surface area contributed by atoms with Gasteiger partial charge in [0.1, 0.15) is 0 Å². The van der Waals surface area contributed by atoms with Crippen LogP contribution in [-0.4, -0.2) is 28.3 Å². The van der Waals surface area contributed by atoms with Gasteiger partial charge in [-0.1, -0.05) is 6.92 Å². The molecule has 0 amide bonds. The smallest absolute Gasteiger partial charge is 0.245 e. The molecule has 2 rings (SSSR count). The lowest BCUT2D eigenvalue weighted by molar-refractivity contribution is 0.433. The normalized spacial score (nSPS) is 18.6. The van der Waals surface area contributed by atoms with Crippen LogP contribution in [0.4, 0.5) is 5.95 Å². The second-order valence-corrected chi connectivity index (χ2v) is 4.07. The van der Waals surface area contributed by atoms with E-state index in [0.29, 0.717) is 0 Å². The lowest BCUT2D eigenvalue weighted by Gasteiger charge is -2.29. The molecule has 0 saturated carbocycles. The van der Waals surface area contributed by atoms with Gasteiger partial charge in [-0.2, -0.15) is 5.10 Å². The molecule has 1 fully saturated rings. The summed E-state index contributed by atoms with van der Waals surface area (Å²) in [6, 6.07) is 0. The largest absolute Gasteiger partial charge is 0.340 e. The Kier molecular flexibility index (Phi) is 2.61. The second kappa shape index (κ2) is 3.90. The summed E-state index contributed by atoms with van der Waals surface area (Å²) in [5, 5.41) is 8.11. The Balaban J connectivity index is 2.05. The van der Waals surface area contributed by atoms with Crippen molar-refractivity contribution in [2.45, 2.75) is 26.7 Å². The standard InChI is InChI=1S/C10H16N4/c1-8-3-5-14(6-4-8)10-11-7-9(2)12-13-10/h7-8H,3-6H2,1-2H3. The Labute approximate surface area is 84.4 Å². The van der Waals surface area contributed by atoms with Gasteiger partial charge in [0.25, 0.3) is 0 Å². The molecule has 1 aliphatic heterocycles. The number of rotatable bonds is 1. The van der Waals surface area contributed by atoms with Crippen molar-refractivity contribution in [1.29, 1.82) is 0 Å². The first kappa shape index (κ1) is 9.37. The van der Waals surface area contributed by atoms with Crippen molar-refractivity contribution in [2.24, 2.45) is 5.92 Å². The number of aromatic nitrogens is 3. The van der Waals surface area contributed by atoms with Gasteiger partial charge >= 0.3 is 0 Å². The first-order valence-corrected chi connectivity index (χ1v) is 5.17. The SMILES string of the molecule is Cc1cnc(N2CCC(C)CC2)nn1. The van der Waals surface area contributed by atoms with Gasteiger partial charge in [0.2, 0.25) is 5.95 Å². The minimum absolute atomic E-state index is 0.780. The van der Waals surface area contributed by atoms with Crippen molar-refractivity contribution in [3.8, 4) is 0 Å². The first-order chi connectivity index (χ1) is 6.75. The molecule has 0 aliphatic carbocycles. The molecule has 0 radical (unpaired) electrons. The molecular formula is C10H16N4. The van der Waals surface area contributed by atoms with Gasteiger partial charge in [-0.3, -0.25) is 0 Å². The Bertz CT molecular complexity index is 287. The number of nitrogens with zero attached hydrogens (tertiary/aromatic N) is 4. The summed E-state index contributed by atoms with van der Waals surface area (Å²) in [5.74, 6) is 1.62. The van der Waals surface area contributed by atoms with Crippen LogP contribution in [0.5, 0.6) is 0 Å². The maximum absolute atomic E-state index is 4.28. The lowest BCUT2D eigenvalue weighted by atomic mass is 10.00. The predicted octanol–water partition coefficient (Wildman–Crippen LogP) is 1.42. The van der Waals surface area contributed by atoms with Crippen LogP contribution in [0.3, 0.4) is 0 Å². The molecule has 0 N–H and O–H groups in total. The zero-order valence-corrected chi connectivity index (χ0v) is 8.77. The number of piperidine rings is 1. The van der Waals surface area contributed by atoms with Crippen molar-refractivity contribution < 1.29 is 0 Å². The highest BCUT2D eigenvalue weighted by Gasteiger charge is 2.17. The first-order valence-electron chi connectivity index (χ1n) is 5.17. The van der Waals surface area contributed by atoms with E-state index in [0.717, 1.165) is 30.6 Å². The van der Waals surface area contributed by atoms with Gasteiger partial charge in [-0.05, 0) is 25.7 Å². The van der Waals surface area contributed by atoms with Gasteiger partial charge in [-0.15, -0.1) is 5.10 Å². The fourth-order valence-electron chi connectivity index (χ4n) is 1.68. The van der Waals surface area contributed by atoms with Crippen molar-refractivity contribution >= 4 is 5.95 Å². The molecule has 0 unspecified atom stereocenters. The van der Waals surface area contributed by atoms with E-state index in [1.807, 2.05) is 6.92 Å². The van der Waals surface area contributed by atoms with E-state index < -0.39 is 0 Å². The second-order valence-electron chi connectivity index (χ2n) is 4.07. The van der Waals surface area contributed by atoms with E-state index in [-0.39, 0.29) is 0 Å². The molecular weight excluding hydrogens is 176 g/mol. The molecule has 4 heteroatoms. The van der Waals surface area contributed by atoms with Gasteiger partial charge < -0.3 is 4.90 Å². The Hall–Kier alpha value is -1.19. The Morgan fingerprint density at radius 2 is 2.00 bits per heavy atom. The fourth-order valence-corrected chi connectivity index (χ4v) is 1.68. The average molecular weight is 192 g/mol. The summed E-state index contributed by atoms with van der Waals surface area (Å²) in [5.41, 5.74) is 0.874. The fraction of sp³-hybridized carbons (Fsp3) is 0.700. The summed E-state index contributed by atoms with van der Waals surface area (Å²) in [7, 11) is 0. The van der Waals surface area contributed by atoms with Gasteiger partial charge in [-0.25, -0.2) is 4.98 Å². The number of aryl methyl sites for hydroxylation is 1. The number of anilines is 1. The molecule has 0 spiro atoms. The minimum Gasteiger partial charge on any atom is -0.340 e. The van der Waals surface area contributed by atoms with Gasteiger partial charge in [0.05, 0.1) is 11.9 Å². The van der Waals surface area contributed by atoms with Crippen molar-refractivity contribution in [1.82, 2.24) is 15.2 Å². The maximum Gasteiger partial charge on any atom is 0.245 e. The van der Waals surface area contributed by atoms with Crippen molar-refractivity contribution in [3.05, 3.63) is 11.9 Å². The van der Waals surface area contributed by atoms with E-state index in [1.54, 1.807) is 6.20 Å². The molecule has 4 nitrogen and oxygen atoms in total. The Morgan fingerprint density at radius 1 is 1.29 bits per heavy atom. The quantitative estimate of drug-likeness (QED) is 0.674. The summed E-state index contributed by atoms with van der Waals surface area (Å²) >= 11 is 0. The predicted molar refractivity (Wildman–Crippen MR) is 55.2 cm³/mol. The summed E-state index contributed by atoms with van der Waals surface area (Å²) < 4.78 is 0. The van der Waals surface area contributed by atoms with Gasteiger partial charge in [0.15, 0.2) is 0 Å². The minimum atomic E-state index is 0.780. The Morgan fingerprint density at radius 3 is 2.57 bits per heavy atom. The molecule has 76 valence electrons.